The zero-order valence-corrected chi connectivity index (χ0v) is 12.5. The standard InChI is InChI=1S/C12H26NO3P/c1-6-7-8-13-11(17(4,5)14)10-9-15-12(2,3)16-10/h10-11,13H,6-9H2,1-5H3/t10?,11-/m1/s1. The normalized spacial score (nSPS) is 26.1. The van der Waals surface area contributed by atoms with Gasteiger partial charge >= 0.3 is 0 Å². The van der Waals surface area contributed by atoms with Crippen molar-refractivity contribution in [1.29, 1.82) is 0 Å². The van der Waals surface area contributed by atoms with Crippen molar-refractivity contribution in [2.45, 2.75) is 51.3 Å². The van der Waals surface area contributed by atoms with Crippen molar-refractivity contribution in [3.63, 3.8) is 0 Å². The molecule has 1 heterocycles. The summed E-state index contributed by atoms with van der Waals surface area (Å²) in [6, 6.07) is 0. The van der Waals surface area contributed by atoms with Crippen molar-refractivity contribution in [1.82, 2.24) is 5.32 Å². The van der Waals surface area contributed by atoms with Crippen molar-refractivity contribution in [3.8, 4) is 0 Å². The first-order valence-electron chi connectivity index (χ1n) is 6.36. The SMILES string of the molecule is CCCCN[C@@H](C1COC(C)(C)O1)P(C)(C)=O. The minimum Gasteiger partial charge on any atom is -0.348 e. The average Bonchev–Trinajstić information content (AvgIpc) is 2.51. The number of nitrogens with one attached hydrogen (secondary N) is 1. The van der Waals surface area contributed by atoms with E-state index in [1.807, 2.05) is 27.2 Å². The summed E-state index contributed by atoms with van der Waals surface area (Å²) >= 11 is 0. The lowest BCUT2D eigenvalue weighted by Crippen LogP contribution is -2.42. The number of hydrogen-bond donors (Lipinski definition) is 1. The van der Waals surface area contributed by atoms with Gasteiger partial charge in [0.25, 0.3) is 0 Å². The predicted molar refractivity (Wildman–Crippen MR) is 71.1 cm³/mol. The van der Waals surface area contributed by atoms with Crippen LogP contribution in [0.15, 0.2) is 0 Å². The Bertz CT molecular complexity index is 287. The van der Waals surface area contributed by atoms with Crippen LogP contribution < -0.4 is 5.32 Å². The minimum atomic E-state index is -2.24. The summed E-state index contributed by atoms with van der Waals surface area (Å²) in [5.74, 6) is -0.652. The van der Waals surface area contributed by atoms with Gasteiger partial charge in [0.1, 0.15) is 13.2 Å². The fourth-order valence-electron chi connectivity index (χ4n) is 2.05. The summed E-state index contributed by atoms with van der Waals surface area (Å²) in [5.41, 5.74) is 0. The maximum absolute atomic E-state index is 12.3. The third kappa shape index (κ3) is 4.70. The fraction of sp³-hybridized carbons (Fsp3) is 1.00. The molecule has 0 saturated carbocycles. The van der Waals surface area contributed by atoms with Crippen LogP contribution in [0.3, 0.4) is 0 Å². The van der Waals surface area contributed by atoms with E-state index in [-0.39, 0.29) is 11.9 Å². The molecule has 0 aromatic carbocycles. The number of ether oxygens (including phenoxy) is 2. The summed E-state index contributed by atoms with van der Waals surface area (Å²) in [7, 11) is -2.24. The highest BCUT2D eigenvalue weighted by Gasteiger charge is 2.41. The molecule has 0 spiro atoms. The number of unbranched alkanes of at least 4 members (excludes halogenated alkanes) is 1. The van der Waals surface area contributed by atoms with E-state index in [2.05, 4.69) is 12.2 Å². The zero-order valence-electron chi connectivity index (χ0n) is 11.7. The topological polar surface area (TPSA) is 47.6 Å². The van der Waals surface area contributed by atoms with Gasteiger partial charge in [-0.25, -0.2) is 0 Å². The molecular weight excluding hydrogens is 237 g/mol. The van der Waals surface area contributed by atoms with Crippen molar-refractivity contribution in [2.75, 3.05) is 26.5 Å². The molecule has 17 heavy (non-hydrogen) atoms. The Morgan fingerprint density at radius 2 is 2.12 bits per heavy atom. The Morgan fingerprint density at radius 1 is 1.47 bits per heavy atom. The van der Waals surface area contributed by atoms with Gasteiger partial charge in [0.15, 0.2) is 5.79 Å². The van der Waals surface area contributed by atoms with Gasteiger partial charge in [0, 0.05) is 0 Å². The molecule has 0 bridgehead atoms. The van der Waals surface area contributed by atoms with E-state index >= 15 is 0 Å². The van der Waals surface area contributed by atoms with Gasteiger partial charge in [-0.1, -0.05) is 13.3 Å². The molecule has 2 atom stereocenters. The molecule has 0 radical (unpaired) electrons. The van der Waals surface area contributed by atoms with Crippen molar-refractivity contribution in [2.24, 2.45) is 0 Å². The van der Waals surface area contributed by atoms with Crippen LogP contribution in [0.1, 0.15) is 33.6 Å². The van der Waals surface area contributed by atoms with E-state index in [1.165, 1.54) is 0 Å². The van der Waals surface area contributed by atoms with E-state index in [0.29, 0.717) is 6.61 Å². The van der Waals surface area contributed by atoms with Crippen molar-refractivity contribution in [3.05, 3.63) is 0 Å². The molecule has 1 fully saturated rings. The summed E-state index contributed by atoms with van der Waals surface area (Å²) in [6.45, 7) is 11.0. The Labute approximate surface area is 105 Å². The first-order valence-corrected chi connectivity index (χ1v) is 9.03. The Kier molecular flexibility index (Phi) is 5.21. The second kappa shape index (κ2) is 5.83. The molecular formula is C12H26NO3P. The zero-order chi connectivity index (χ0) is 13.1. The van der Waals surface area contributed by atoms with E-state index in [1.54, 1.807) is 0 Å². The lowest BCUT2D eigenvalue weighted by molar-refractivity contribution is -0.139. The smallest absolute Gasteiger partial charge is 0.163 e. The Hall–Kier alpha value is 0.110. The van der Waals surface area contributed by atoms with Gasteiger partial charge in [0.05, 0.1) is 12.4 Å². The highest BCUT2D eigenvalue weighted by molar-refractivity contribution is 7.63. The second-order valence-electron chi connectivity index (χ2n) is 5.55. The fourth-order valence-corrected chi connectivity index (χ4v) is 3.57. The first-order chi connectivity index (χ1) is 7.76. The quantitative estimate of drug-likeness (QED) is 0.591. The van der Waals surface area contributed by atoms with Crippen LogP contribution >= 0.6 is 7.14 Å². The molecule has 1 aliphatic heterocycles. The molecule has 102 valence electrons. The van der Waals surface area contributed by atoms with Crippen LogP contribution in [0, 0.1) is 0 Å². The Morgan fingerprint density at radius 3 is 2.53 bits per heavy atom. The number of hydrogen-bond acceptors (Lipinski definition) is 4. The van der Waals surface area contributed by atoms with Gasteiger partial charge in [-0.15, -0.1) is 0 Å². The highest BCUT2D eigenvalue weighted by atomic mass is 31.2. The van der Waals surface area contributed by atoms with Gasteiger partial charge < -0.3 is 19.4 Å². The summed E-state index contributed by atoms with van der Waals surface area (Å²) in [5, 5.41) is 3.37. The third-order valence-electron chi connectivity index (χ3n) is 2.94. The second-order valence-corrected chi connectivity index (χ2v) is 8.98. The lowest BCUT2D eigenvalue weighted by atomic mass is 10.3. The van der Waals surface area contributed by atoms with Crippen LogP contribution in [0.25, 0.3) is 0 Å². The maximum Gasteiger partial charge on any atom is 0.163 e. The minimum absolute atomic E-state index is 0.101. The average molecular weight is 263 g/mol. The third-order valence-corrected chi connectivity index (χ3v) is 4.79. The van der Waals surface area contributed by atoms with E-state index in [0.717, 1.165) is 19.4 Å². The molecule has 0 aromatic heterocycles. The first kappa shape index (κ1) is 15.2. The van der Waals surface area contributed by atoms with Gasteiger partial charge in [0.2, 0.25) is 0 Å². The Balaban J connectivity index is 2.61. The summed E-state index contributed by atoms with van der Waals surface area (Å²) < 4.78 is 23.7. The molecule has 0 aromatic rings. The molecule has 0 amide bonds. The van der Waals surface area contributed by atoms with E-state index < -0.39 is 12.9 Å². The van der Waals surface area contributed by atoms with Crippen LogP contribution in [-0.4, -0.2) is 44.2 Å². The van der Waals surface area contributed by atoms with Crippen molar-refractivity contribution < 1.29 is 14.0 Å². The molecule has 1 unspecified atom stereocenters. The molecule has 1 N–H and O–H groups in total. The van der Waals surface area contributed by atoms with Crippen molar-refractivity contribution >= 4 is 7.14 Å². The van der Waals surface area contributed by atoms with Gasteiger partial charge in [-0.2, -0.15) is 0 Å². The molecule has 4 nitrogen and oxygen atoms in total. The van der Waals surface area contributed by atoms with Gasteiger partial charge in [-0.3, -0.25) is 0 Å². The highest BCUT2D eigenvalue weighted by Crippen LogP contribution is 2.45. The molecule has 1 rings (SSSR count). The van der Waals surface area contributed by atoms with Crippen LogP contribution in [0.4, 0.5) is 0 Å². The largest absolute Gasteiger partial charge is 0.348 e. The molecule has 5 heteroatoms. The van der Waals surface area contributed by atoms with Gasteiger partial charge in [-0.05, 0) is 40.1 Å². The predicted octanol–water partition coefficient (Wildman–Crippen LogP) is 2.48. The summed E-state index contributed by atoms with van der Waals surface area (Å²) in [4.78, 5) is 0. The monoisotopic (exact) mass is 263 g/mol. The number of rotatable bonds is 6. The summed E-state index contributed by atoms with van der Waals surface area (Å²) in [6.07, 6.45) is 2.11. The van der Waals surface area contributed by atoms with Crippen LogP contribution in [-0.2, 0) is 14.0 Å². The molecule has 1 saturated heterocycles. The molecule has 0 aliphatic carbocycles. The van der Waals surface area contributed by atoms with E-state index in [9.17, 15) is 4.57 Å². The lowest BCUT2D eigenvalue weighted by Gasteiger charge is -2.28. The van der Waals surface area contributed by atoms with E-state index in [4.69, 9.17) is 9.47 Å². The van der Waals surface area contributed by atoms with Crippen LogP contribution in [0.2, 0.25) is 0 Å². The maximum atomic E-state index is 12.3. The van der Waals surface area contributed by atoms with Crippen LogP contribution in [0.5, 0.6) is 0 Å². The molecule has 1 aliphatic rings.